The van der Waals surface area contributed by atoms with E-state index in [0.29, 0.717) is 29.8 Å². The van der Waals surface area contributed by atoms with Crippen LogP contribution in [0, 0.1) is 17.2 Å². The molecule has 0 aliphatic carbocycles. The predicted molar refractivity (Wildman–Crippen MR) is 120 cm³/mol. The molecule has 5 rings (SSSR count). The number of nitrogens with zero attached hydrogens (tertiary/aromatic N) is 5. The molecular formula is C24H26N6O. The molecule has 158 valence electrons. The van der Waals surface area contributed by atoms with E-state index in [1.807, 2.05) is 12.3 Å². The zero-order valence-electron chi connectivity index (χ0n) is 18.1. The minimum Gasteiger partial charge on any atom is -0.493 e. The van der Waals surface area contributed by atoms with E-state index in [1.165, 1.54) is 16.5 Å². The maximum atomic E-state index is 8.84. The van der Waals surface area contributed by atoms with Crippen molar-refractivity contribution in [3.8, 4) is 23.1 Å². The van der Waals surface area contributed by atoms with Crippen molar-refractivity contribution < 1.29 is 4.74 Å². The normalized spacial score (nSPS) is 14.9. The van der Waals surface area contributed by atoms with Gasteiger partial charge in [-0.2, -0.15) is 10.4 Å². The largest absolute Gasteiger partial charge is 0.493 e. The molecule has 7 heteroatoms. The second-order valence-electron chi connectivity index (χ2n) is 8.70. The molecule has 7 nitrogen and oxygen atoms in total. The smallest absolute Gasteiger partial charge is 0.197 e. The fourth-order valence-electron chi connectivity index (χ4n) is 4.77. The van der Waals surface area contributed by atoms with E-state index in [1.54, 1.807) is 18.0 Å². The first-order valence-corrected chi connectivity index (χ1v) is 10.7. The molecule has 31 heavy (non-hydrogen) atoms. The van der Waals surface area contributed by atoms with Gasteiger partial charge in [0, 0.05) is 35.8 Å². The highest BCUT2D eigenvalue weighted by atomic mass is 16.5. The number of rotatable bonds is 6. The van der Waals surface area contributed by atoms with Gasteiger partial charge in [0.05, 0.1) is 25.4 Å². The van der Waals surface area contributed by atoms with Crippen LogP contribution >= 0.6 is 0 Å². The van der Waals surface area contributed by atoms with Gasteiger partial charge in [-0.25, -0.2) is 9.50 Å². The first-order valence-electron chi connectivity index (χ1n) is 10.7. The summed E-state index contributed by atoms with van der Waals surface area (Å²) in [6, 6.07) is 11.0. The Morgan fingerprint density at radius 2 is 2.13 bits per heavy atom. The number of likely N-dealkylation sites (tertiary alicyclic amines) is 1. The molecule has 0 unspecified atom stereocenters. The van der Waals surface area contributed by atoms with Crippen LogP contribution < -0.4 is 4.74 Å². The van der Waals surface area contributed by atoms with Gasteiger partial charge in [0.15, 0.2) is 11.4 Å². The summed E-state index contributed by atoms with van der Waals surface area (Å²) in [6.45, 7) is 7.02. The van der Waals surface area contributed by atoms with Gasteiger partial charge in [-0.1, -0.05) is 19.9 Å². The molecule has 0 saturated carbocycles. The average molecular weight is 415 g/mol. The second-order valence-corrected chi connectivity index (χ2v) is 8.70. The first kappa shape index (κ1) is 19.6. The number of H-pyrrole nitrogens is 1. The van der Waals surface area contributed by atoms with Crippen molar-refractivity contribution in [3.63, 3.8) is 0 Å². The van der Waals surface area contributed by atoms with Gasteiger partial charge in [0.2, 0.25) is 0 Å². The van der Waals surface area contributed by atoms with E-state index in [4.69, 9.17) is 10.00 Å². The van der Waals surface area contributed by atoms with Crippen LogP contribution in [0.5, 0.6) is 5.75 Å². The van der Waals surface area contributed by atoms with E-state index >= 15 is 0 Å². The van der Waals surface area contributed by atoms with Gasteiger partial charge in [-0.3, -0.25) is 4.90 Å². The summed E-state index contributed by atoms with van der Waals surface area (Å²) >= 11 is 0. The summed E-state index contributed by atoms with van der Waals surface area (Å²) in [7, 11) is 1.66. The number of methoxy groups -OCH3 is 1. The van der Waals surface area contributed by atoms with Crippen molar-refractivity contribution in [1.82, 2.24) is 24.5 Å². The highest BCUT2D eigenvalue weighted by molar-refractivity contribution is 5.92. The van der Waals surface area contributed by atoms with Crippen LogP contribution in [0.4, 0.5) is 0 Å². The zero-order valence-corrected chi connectivity index (χ0v) is 18.1. The molecule has 4 aromatic rings. The Balaban J connectivity index is 1.54. The maximum absolute atomic E-state index is 8.84. The van der Waals surface area contributed by atoms with Crippen LogP contribution in [0.3, 0.4) is 0 Å². The SMILES string of the molecule is COc1cc(-c2[nH]c3ccc(CC4CN(CC#N)C4)cc3c2C(C)C)cn2ncnc12. The molecule has 1 aliphatic rings. The molecule has 4 heterocycles. The fourth-order valence-corrected chi connectivity index (χ4v) is 4.77. The number of nitrogens with one attached hydrogen (secondary N) is 1. The number of nitriles is 1. The first-order chi connectivity index (χ1) is 15.1. The number of aromatic amines is 1. The lowest BCUT2D eigenvalue weighted by Crippen LogP contribution is -2.47. The van der Waals surface area contributed by atoms with Crippen molar-refractivity contribution in [2.24, 2.45) is 5.92 Å². The summed E-state index contributed by atoms with van der Waals surface area (Å²) < 4.78 is 7.33. The molecule has 1 saturated heterocycles. The number of hydrogen-bond acceptors (Lipinski definition) is 5. The summed E-state index contributed by atoms with van der Waals surface area (Å²) in [5.41, 5.74) is 6.63. The summed E-state index contributed by atoms with van der Waals surface area (Å²) in [6.07, 6.45) is 4.59. The third-order valence-electron chi connectivity index (χ3n) is 6.18. The van der Waals surface area contributed by atoms with Gasteiger partial charge in [0.1, 0.15) is 6.33 Å². The fraction of sp³-hybridized carbons (Fsp3) is 0.375. The van der Waals surface area contributed by atoms with E-state index < -0.39 is 0 Å². The number of benzene rings is 1. The van der Waals surface area contributed by atoms with Crippen LogP contribution in [0.2, 0.25) is 0 Å². The maximum Gasteiger partial charge on any atom is 0.197 e. The van der Waals surface area contributed by atoms with Crippen molar-refractivity contribution in [2.45, 2.75) is 26.2 Å². The molecule has 0 atom stereocenters. The third-order valence-corrected chi connectivity index (χ3v) is 6.18. The Morgan fingerprint density at radius 1 is 1.29 bits per heavy atom. The third kappa shape index (κ3) is 3.43. The minimum absolute atomic E-state index is 0.353. The lowest BCUT2D eigenvalue weighted by Gasteiger charge is -2.37. The van der Waals surface area contributed by atoms with E-state index in [9.17, 15) is 0 Å². The molecule has 1 fully saturated rings. The molecule has 0 spiro atoms. The topological polar surface area (TPSA) is 82.2 Å². The lowest BCUT2D eigenvalue weighted by atomic mass is 9.90. The molecule has 0 amide bonds. The van der Waals surface area contributed by atoms with Crippen LogP contribution in [-0.2, 0) is 6.42 Å². The predicted octanol–water partition coefficient (Wildman–Crippen LogP) is 4.01. The molecular weight excluding hydrogens is 388 g/mol. The molecule has 0 radical (unpaired) electrons. The van der Waals surface area contributed by atoms with Crippen molar-refractivity contribution >= 4 is 16.6 Å². The van der Waals surface area contributed by atoms with Gasteiger partial charge in [-0.05, 0) is 47.6 Å². The summed E-state index contributed by atoms with van der Waals surface area (Å²) in [5.74, 6) is 1.69. The van der Waals surface area contributed by atoms with Crippen LogP contribution in [0.1, 0.15) is 30.9 Å². The minimum atomic E-state index is 0.353. The van der Waals surface area contributed by atoms with Crippen molar-refractivity contribution in [3.05, 3.63) is 47.9 Å². The van der Waals surface area contributed by atoms with Crippen molar-refractivity contribution in [2.75, 3.05) is 26.7 Å². The van der Waals surface area contributed by atoms with Gasteiger partial charge in [-0.15, -0.1) is 0 Å². The Morgan fingerprint density at radius 3 is 2.87 bits per heavy atom. The molecule has 3 aromatic heterocycles. The number of aromatic nitrogens is 4. The monoisotopic (exact) mass is 414 g/mol. The van der Waals surface area contributed by atoms with Gasteiger partial charge >= 0.3 is 0 Å². The lowest BCUT2D eigenvalue weighted by molar-refractivity contribution is 0.118. The highest BCUT2D eigenvalue weighted by Crippen LogP contribution is 2.38. The molecule has 0 bridgehead atoms. The highest BCUT2D eigenvalue weighted by Gasteiger charge is 2.26. The average Bonchev–Trinajstić information content (AvgIpc) is 3.35. The quantitative estimate of drug-likeness (QED) is 0.482. The summed E-state index contributed by atoms with van der Waals surface area (Å²) in [4.78, 5) is 10.1. The van der Waals surface area contributed by atoms with Gasteiger partial charge < -0.3 is 9.72 Å². The van der Waals surface area contributed by atoms with E-state index in [-0.39, 0.29) is 0 Å². The number of ether oxygens (including phenoxy) is 1. The molecule has 1 aliphatic heterocycles. The Labute approximate surface area is 181 Å². The standard InChI is InChI=1S/C24H26N6O/c1-15(2)22-19-9-16(8-17-11-29(12-17)7-6-25)4-5-20(19)28-23(22)18-10-21(31-3)24-26-14-27-30(24)13-18/h4-5,9-10,13-15,17,28H,7-8,11-12H2,1-3H3. The number of hydrogen-bond donors (Lipinski definition) is 1. The Kier molecular flexibility index (Phi) is 4.87. The number of pyridine rings is 1. The second kappa shape index (κ2) is 7.71. The Bertz CT molecular complexity index is 1290. The molecule has 1 aromatic carbocycles. The van der Waals surface area contributed by atoms with Crippen LogP contribution in [0.15, 0.2) is 36.8 Å². The van der Waals surface area contributed by atoms with E-state index in [0.717, 1.165) is 36.3 Å². The number of fused-ring (bicyclic) bond motifs is 2. The van der Waals surface area contributed by atoms with E-state index in [2.05, 4.69) is 58.1 Å². The van der Waals surface area contributed by atoms with Gasteiger partial charge in [0.25, 0.3) is 0 Å². The molecule has 1 N–H and O–H groups in total. The Hall–Kier alpha value is -3.37. The van der Waals surface area contributed by atoms with Crippen LogP contribution in [0.25, 0.3) is 27.8 Å². The van der Waals surface area contributed by atoms with Crippen LogP contribution in [-0.4, -0.2) is 51.2 Å². The zero-order chi connectivity index (χ0) is 21.5. The summed E-state index contributed by atoms with van der Waals surface area (Å²) in [5, 5.41) is 14.4. The van der Waals surface area contributed by atoms with Crippen molar-refractivity contribution in [1.29, 1.82) is 5.26 Å².